The number of nitrogens with zero attached hydrogens (tertiary/aromatic N) is 4. The van der Waals surface area contributed by atoms with Gasteiger partial charge in [0.25, 0.3) is 0 Å². The van der Waals surface area contributed by atoms with E-state index < -0.39 is 45.6 Å². The van der Waals surface area contributed by atoms with Crippen molar-refractivity contribution in [3.05, 3.63) is 95.3 Å². The SMILES string of the molecule is COCc1cccc(CN(C)C(=O)NC(C(=O)N[C@@H](Cc2ccccc2)[C@H](O)CN(CC2CCCC2)S(=O)(=O)c2ccc(/C=N/O)cc2)C(C)(C)C)n1. The Kier molecular flexibility index (Phi) is 14.9. The largest absolute Gasteiger partial charge is 0.411 e. The van der Waals surface area contributed by atoms with Gasteiger partial charge in [-0.15, -0.1) is 0 Å². The lowest BCUT2D eigenvalue weighted by molar-refractivity contribution is -0.127. The maximum atomic E-state index is 14.2. The van der Waals surface area contributed by atoms with Crippen molar-refractivity contribution in [3.8, 4) is 0 Å². The first-order valence-corrected chi connectivity index (χ1v) is 19.4. The van der Waals surface area contributed by atoms with E-state index in [2.05, 4.69) is 20.8 Å². The van der Waals surface area contributed by atoms with Crippen molar-refractivity contribution >= 4 is 28.2 Å². The molecule has 1 saturated carbocycles. The van der Waals surface area contributed by atoms with Crippen LogP contribution in [0.5, 0.6) is 0 Å². The predicted octanol–water partition coefficient (Wildman–Crippen LogP) is 4.56. The maximum absolute atomic E-state index is 14.2. The van der Waals surface area contributed by atoms with Crippen LogP contribution in [0.25, 0.3) is 0 Å². The molecule has 1 aromatic heterocycles. The molecule has 13 nitrogen and oxygen atoms in total. The van der Waals surface area contributed by atoms with Crippen LogP contribution in [-0.2, 0) is 39.1 Å². The number of urea groups is 1. The number of pyridine rings is 1. The third-order valence-corrected chi connectivity index (χ3v) is 11.3. The number of aromatic nitrogens is 1. The van der Waals surface area contributed by atoms with Crippen LogP contribution in [-0.4, -0.2) is 96.5 Å². The van der Waals surface area contributed by atoms with Crippen molar-refractivity contribution in [3.63, 3.8) is 0 Å². The number of oxime groups is 1. The van der Waals surface area contributed by atoms with Crippen molar-refractivity contribution in [1.82, 2.24) is 24.8 Å². The molecule has 3 aromatic rings. The number of sulfonamides is 1. The summed E-state index contributed by atoms with van der Waals surface area (Å²) in [6.07, 6.45) is 3.90. The zero-order chi connectivity index (χ0) is 38.6. The number of hydrogen-bond acceptors (Lipinski definition) is 9. The molecular weight excluding hydrogens is 697 g/mol. The molecule has 0 bridgehead atoms. The zero-order valence-electron chi connectivity index (χ0n) is 31.3. The van der Waals surface area contributed by atoms with E-state index in [0.29, 0.717) is 17.9 Å². The Labute approximate surface area is 313 Å². The van der Waals surface area contributed by atoms with E-state index in [4.69, 9.17) is 9.94 Å². The average molecular weight is 751 g/mol. The summed E-state index contributed by atoms with van der Waals surface area (Å²) in [6.45, 7) is 6.00. The number of amides is 3. The molecule has 1 fully saturated rings. The van der Waals surface area contributed by atoms with Crippen LogP contribution >= 0.6 is 0 Å². The van der Waals surface area contributed by atoms with Gasteiger partial charge in [-0.3, -0.25) is 9.78 Å². The molecule has 14 heteroatoms. The third kappa shape index (κ3) is 12.1. The second-order valence-corrected chi connectivity index (χ2v) is 16.8. The molecule has 0 radical (unpaired) electrons. The van der Waals surface area contributed by atoms with Crippen LogP contribution in [0.15, 0.2) is 82.8 Å². The minimum absolute atomic E-state index is 0.0432. The molecule has 1 aliphatic rings. The first-order chi connectivity index (χ1) is 25.2. The normalized spacial score (nSPS) is 15.7. The highest BCUT2D eigenvalue weighted by atomic mass is 32.2. The fourth-order valence-electron chi connectivity index (χ4n) is 6.52. The van der Waals surface area contributed by atoms with Crippen molar-refractivity contribution < 1.29 is 33.1 Å². The zero-order valence-corrected chi connectivity index (χ0v) is 32.1. The molecule has 0 saturated heterocycles. The molecule has 1 unspecified atom stereocenters. The van der Waals surface area contributed by atoms with Gasteiger partial charge in [0.2, 0.25) is 15.9 Å². The quantitative estimate of drug-likeness (QED) is 0.0883. The molecule has 3 atom stereocenters. The summed E-state index contributed by atoms with van der Waals surface area (Å²) in [4.78, 5) is 33.7. The smallest absolute Gasteiger partial charge is 0.318 e. The van der Waals surface area contributed by atoms with Crippen LogP contribution < -0.4 is 10.6 Å². The highest BCUT2D eigenvalue weighted by molar-refractivity contribution is 7.89. The summed E-state index contributed by atoms with van der Waals surface area (Å²) >= 11 is 0. The molecule has 0 aliphatic heterocycles. The summed E-state index contributed by atoms with van der Waals surface area (Å²) in [5.74, 6) is -0.374. The van der Waals surface area contributed by atoms with Gasteiger partial charge in [-0.05, 0) is 66.0 Å². The second-order valence-electron chi connectivity index (χ2n) is 14.8. The van der Waals surface area contributed by atoms with Crippen molar-refractivity contribution in [2.75, 3.05) is 27.2 Å². The van der Waals surface area contributed by atoms with Crippen LogP contribution in [0.4, 0.5) is 4.79 Å². The van der Waals surface area contributed by atoms with Gasteiger partial charge in [0.05, 0.1) is 47.8 Å². The lowest BCUT2D eigenvalue weighted by atomic mass is 9.85. The van der Waals surface area contributed by atoms with Crippen molar-refractivity contribution in [2.45, 2.75) is 89.1 Å². The molecule has 2 aromatic carbocycles. The predicted molar refractivity (Wildman–Crippen MR) is 203 cm³/mol. The minimum Gasteiger partial charge on any atom is -0.411 e. The number of carbonyl (C=O) groups excluding carboxylic acids is 2. The number of aliphatic hydroxyl groups is 1. The molecule has 53 heavy (non-hydrogen) atoms. The van der Waals surface area contributed by atoms with Gasteiger partial charge >= 0.3 is 6.03 Å². The number of carbonyl (C=O) groups is 2. The van der Waals surface area contributed by atoms with Crippen LogP contribution in [0.2, 0.25) is 0 Å². The van der Waals surface area contributed by atoms with E-state index in [0.717, 1.165) is 36.9 Å². The maximum Gasteiger partial charge on any atom is 0.318 e. The number of rotatable bonds is 17. The molecule has 4 rings (SSSR count). The lowest BCUT2D eigenvalue weighted by Gasteiger charge is -2.35. The van der Waals surface area contributed by atoms with E-state index >= 15 is 0 Å². The van der Waals surface area contributed by atoms with E-state index in [1.54, 1.807) is 26.3 Å². The summed E-state index contributed by atoms with van der Waals surface area (Å²) in [5.41, 5.74) is 2.02. The average Bonchev–Trinajstić information content (AvgIpc) is 3.64. The summed E-state index contributed by atoms with van der Waals surface area (Å²) in [5, 5.41) is 29.7. The van der Waals surface area contributed by atoms with E-state index in [9.17, 15) is 23.1 Å². The van der Waals surface area contributed by atoms with Gasteiger partial charge in [-0.1, -0.05) is 87.3 Å². The van der Waals surface area contributed by atoms with Gasteiger partial charge in [-0.25, -0.2) is 13.2 Å². The molecular formula is C39H54N6O7S. The molecule has 1 aliphatic carbocycles. The van der Waals surface area contributed by atoms with Crippen LogP contribution in [0.3, 0.4) is 0 Å². The molecule has 3 amide bonds. The summed E-state index contributed by atoms with van der Waals surface area (Å²) < 4.78 is 34.7. The van der Waals surface area contributed by atoms with Crippen molar-refractivity contribution in [1.29, 1.82) is 0 Å². The molecule has 0 spiro atoms. The Morgan fingerprint density at radius 3 is 2.28 bits per heavy atom. The van der Waals surface area contributed by atoms with Gasteiger partial charge in [-0.2, -0.15) is 4.31 Å². The third-order valence-electron chi connectivity index (χ3n) is 9.44. The van der Waals surface area contributed by atoms with Gasteiger partial charge in [0.1, 0.15) is 6.04 Å². The molecule has 4 N–H and O–H groups in total. The molecule has 288 valence electrons. The minimum atomic E-state index is -4.07. The number of hydrogen-bond donors (Lipinski definition) is 4. The van der Waals surface area contributed by atoms with Gasteiger partial charge < -0.3 is 30.6 Å². The Hall–Kier alpha value is -4.37. The highest BCUT2D eigenvalue weighted by Crippen LogP contribution is 2.29. The van der Waals surface area contributed by atoms with Gasteiger partial charge in [0, 0.05) is 27.2 Å². The Morgan fingerprint density at radius 2 is 1.66 bits per heavy atom. The monoisotopic (exact) mass is 750 g/mol. The molecule has 1 heterocycles. The fourth-order valence-corrected chi connectivity index (χ4v) is 8.05. The number of benzene rings is 2. The number of nitrogens with one attached hydrogen (secondary N) is 2. The van der Waals surface area contributed by atoms with E-state index in [1.165, 1.54) is 27.6 Å². The summed E-state index contributed by atoms with van der Waals surface area (Å²) in [7, 11) is -0.866. The standard InChI is InChI=1S/C39H54N6O7S/c1-39(2,3)36(43-38(48)44(4)25-31-16-11-17-32(41-31)27-52-5)37(47)42-34(22-28-12-7-6-8-13-28)35(46)26-45(24-30-14-9-10-15-30)53(50,51)33-20-18-29(19-21-33)23-40-49/h6-8,11-13,16-21,23,30,34-36,46,49H,9-10,14-15,22,24-27H2,1-5H3,(H,42,47)(H,43,48)/b40-23+/t34-,35+,36?/m0/s1. The Balaban J connectivity index is 1.57. The van der Waals surface area contributed by atoms with Crippen LogP contribution in [0, 0.1) is 11.3 Å². The first-order valence-electron chi connectivity index (χ1n) is 18.0. The second kappa shape index (κ2) is 19.1. The fraction of sp³-hybridized carbons (Fsp3) is 0.487. The van der Waals surface area contributed by atoms with Crippen molar-refractivity contribution in [2.24, 2.45) is 16.5 Å². The first kappa shape index (κ1) is 41.4. The van der Waals surface area contributed by atoms with Gasteiger partial charge in [0.15, 0.2) is 0 Å². The Bertz CT molecular complexity index is 1760. The summed E-state index contributed by atoms with van der Waals surface area (Å²) in [6, 6.07) is 18.4. The van der Waals surface area contributed by atoms with E-state index in [1.807, 2.05) is 69.3 Å². The van der Waals surface area contributed by atoms with Crippen LogP contribution in [0.1, 0.15) is 69.0 Å². The number of methoxy groups -OCH3 is 1. The topological polar surface area (TPSA) is 174 Å². The Morgan fingerprint density at radius 1 is 1.00 bits per heavy atom. The lowest BCUT2D eigenvalue weighted by Crippen LogP contribution is -2.60. The highest BCUT2D eigenvalue weighted by Gasteiger charge is 2.37. The number of ether oxygens (including phenoxy) is 1. The number of aliphatic hydroxyl groups excluding tert-OH is 1. The van der Waals surface area contributed by atoms with E-state index in [-0.39, 0.29) is 36.9 Å².